The van der Waals surface area contributed by atoms with Crippen LogP contribution in [-0.4, -0.2) is 18.5 Å². The van der Waals surface area contributed by atoms with Gasteiger partial charge in [0.05, 0.1) is 0 Å². The lowest BCUT2D eigenvalue weighted by Gasteiger charge is -2.09. The average molecular weight is 177 g/mol. The lowest BCUT2D eigenvalue weighted by molar-refractivity contribution is -0.118. The van der Waals surface area contributed by atoms with Crippen molar-refractivity contribution in [3.63, 3.8) is 0 Å². The molecule has 4 heteroatoms. The van der Waals surface area contributed by atoms with Gasteiger partial charge in [-0.15, -0.1) is 0 Å². The zero-order valence-corrected chi connectivity index (χ0v) is 7.32. The Hall–Kier alpha value is -0.540. The number of halogens is 1. The first-order valence-electron chi connectivity index (χ1n) is 3.37. The second-order valence-corrected chi connectivity index (χ2v) is 3.00. The number of carbonyl (C=O) groups excluding carboxylic acids is 1. The lowest BCUT2D eigenvalue weighted by atomic mass is 10.2. The van der Waals surface area contributed by atoms with Crippen molar-refractivity contribution in [2.24, 2.45) is 5.73 Å². The van der Waals surface area contributed by atoms with Gasteiger partial charge in [0, 0.05) is 24.0 Å². The molecule has 0 bridgehead atoms. The minimum atomic E-state index is -0.315. The molecule has 0 fully saturated rings. The molecule has 3 nitrogen and oxygen atoms in total. The van der Waals surface area contributed by atoms with Gasteiger partial charge in [0.25, 0.3) is 0 Å². The fraction of sp³-hybridized carbons (Fsp3) is 0.571. The van der Waals surface area contributed by atoms with Crippen molar-refractivity contribution in [2.75, 3.05) is 6.54 Å². The van der Waals surface area contributed by atoms with Gasteiger partial charge in [-0.25, -0.2) is 0 Å². The van der Waals surface area contributed by atoms with Crippen molar-refractivity contribution in [1.82, 2.24) is 5.32 Å². The maximum atomic E-state index is 10.4. The first-order valence-corrected chi connectivity index (χ1v) is 3.75. The van der Waals surface area contributed by atoms with Crippen molar-refractivity contribution in [3.8, 4) is 0 Å². The van der Waals surface area contributed by atoms with Crippen LogP contribution in [0.5, 0.6) is 0 Å². The molecule has 0 aliphatic carbocycles. The largest absolute Gasteiger partial charge is 0.370 e. The van der Waals surface area contributed by atoms with E-state index in [4.69, 9.17) is 17.3 Å². The zero-order chi connectivity index (χ0) is 8.85. The van der Waals surface area contributed by atoms with Crippen LogP contribution in [-0.2, 0) is 4.79 Å². The standard InChI is InChI=1S/C7H13ClN2O/c1-5(8)4-10-6(2)3-7(9)11/h6,10H,1,3-4H2,2H3,(H2,9,11). The Morgan fingerprint density at radius 3 is 2.73 bits per heavy atom. The van der Waals surface area contributed by atoms with Gasteiger partial charge in [0.15, 0.2) is 0 Å². The number of hydrogen-bond donors (Lipinski definition) is 2. The molecule has 11 heavy (non-hydrogen) atoms. The summed E-state index contributed by atoms with van der Waals surface area (Å²) >= 11 is 5.49. The van der Waals surface area contributed by atoms with E-state index in [0.717, 1.165) is 0 Å². The van der Waals surface area contributed by atoms with E-state index < -0.39 is 0 Å². The predicted octanol–water partition coefficient (Wildman–Crippen LogP) is 0.592. The highest BCUT2D eigenvalue weighted by molar-refractivity contribution is 6.29. The van der Waals surface area contributed by atoms with Crippen LogP contribution < -0.4 is 11.1 Å². The second kappa shape index (κ2) is 5.16. The van der Waals surface area contributed by atoms with Crippen LogP contribution in [0.25, 0.3) is 0 Å². The maximum absolute atomic E-state index is 10.4. The summed E-state index contributed by atoms with van der Waals surface area (Å²) in [4.78, 5) is 10.4. The summed E-state index contributed by atoms with van der Waals surface area (Å²) < 4.78 is 0. The Morgan fingerprint density at radius 2 is 2.36 bits per heavy atom. The fourth-order valence-electron chi connectivity index (χ4n) is 0.659. The molecule has 0 aromatic carbocycles. The van der Waals surface area contributed by atoms with E-state index in [2.05, 4.69) is 11.9 Å². The minimum absolute atomic E-state index is 0.0583. The molecule has 0 spiro atoms. The summed E-state index contributed by atoms with van der Waals surface area (Å²) in [5.41, 5.74) is 4.97. The Balaban J connectivity index is 3.44. The highest BCUT2D eigenvalue weighted by atomic mass is 35.5. The summed E-state index contributed by atoms with van der Waals surface area (Å²) in [6.45, 7) is 5.87. The summed E-state index contributed by atoms with van der Waals surface area (Å²) in [7, 11) is 0. The van der Waals surface area contributed by atoms with Gasteiger partial charge in [0.1, 0.15) is 0 Å². The third-order valence-corrected chi connectivity index (χ3v) is 1.28. The first-order chi connectivity index (χ1) is 5.02. The van der Waals surface area contributed by atoms with E-state index in [-0.39, 0.29) is 11.9 Å². The molecular formula is C7H13ClN2O. The van der Waals surface area contributed by atoms with Gasteiger partial charge in [-0.2, -0.15) is 0 Å². The molecule has 1 amide bonds. The molecule has 0 rings (SSSR count). The number of amides is 1. The maximum Gasteiger partial charge on any atom is 0.218 e. The molecule has 0 saturated carbocycles. The SMILES string of the molecule is C=C(Cl)CNC(C)CC(N)=O. The topological polar surface area (TPSA) is 55.1 Å². The van der Waals surface area contributed by atoms with Crippen LogP contribution in [0, 0.1) is 0 Å². The molecule has 0 heterocycles. The summed E-state index contributed by atoms with van der Waals surface area (Å²) in [5.74, 6) is -0.315. The molecule has 64 valence electrons. The average Bonchev–Trinajstić information content (AvgIpc) is 1.82. The normalized spacial score (nSPS) is 12.5. The number of hydrogen-bond acceptors (Lipinski definition) is 2. The number of primary amides is 1. The summed E-state index contributed by atoms with van der Waals surface area (Å²) in [6.07, 6.45) is 0.324. The monoisotopic (exact) mass is 176 g/mol. The van der Waals surface area contributed by atoms with E-state index in [9.17, 15) is 4.79 Å². The molecule has 0 radical (unpaired) electrons. The van der Waals surface area contributed by atoms with E-state index in [0.29, 0.717) is 18.0 Å². The molecule has 0 aliphatic heterocycles. The fourth-order valence-corrected chi connectivity index (χ4v) is 0.736. The highest BCUT2D eigenvalue weighted by Crippen LogP contribution is 1.95. The van der Waals surface area contributed by atoms with Crippen LogP contribution in [0.2, 0.25) is 0 Å². The number of nitrogens with one attached hydrogen (secondary N) is 1. The molecule has 0 saturated heterocycles. The lowest BCUT2D eigenvalue weighted by Crippen LogP contribution is -2.31. The van der Waals surface area contributed by atoms with Gasteiger partial charge in [-0.05, 0) is 6.92 Å². The van der Waals surface area contributed by atoms with Crippen LogP contribution in [0.1, 0.15) is 13.3 Å². The summed E-state index contributed by atoms with van der Waals surface area (Å²) in [6, 6.07) is 0.0583. The minimum Gasteiger partial charge on any atom is -0.370 e. The Bertz CT molecular complexity index is 159. The van der Waals surface area contributed by atoms with Gasteiger partial charge >= 0.3 is 0 Å². The van der Waals surface area contributed by atoms with Crippen molar-refractivity contribution in [1.29, 1.82) is 0 Å². The van der Waals surface area contributed by atoms with Crippen molar-refractivity contribution >= 4 is 17.5 Å². The smallest absolute Gasteiger partial charge is 0.218 e. The number of nitrogens with two attached hydrogens (primary N) is 1. The Kier molecular flexibility index (Phi) is 4.90. The molecule has 0 aromatic rings. The van der Waals surface area contributed by atoms with Crippen molar-refractivity contribution < 1.29 is 4.79 Å². The number of rotatable bonds is 5. The quantitative estimate of drug-likeness (QED) is 0.645. The Labute approximate surface area is 71.6 Å². The summed E-state index contributed by atoms with van der Waals surface area (Å²) in [5, 5.41) is 3.51. The molecule has 1 atom stereocenters. The van der Waals surface area contributed by atoms with Crippen LogP contribution in [0.15, 0.2) is 11.6 Å². The van der Waals surface area contributed by atoms with Crippen LogP contribution >= 0.6 is 11.6 Å². The Morgan fingerprint density at radius 1 is 1.82 bits per heavy atom. The van der Waals surface area contributed by atoms with Gasteiger partial charge in [-0.3, -0.25) is 4.79 Å². The third kappa shape index (κ3) is 7.36. The zero-order valence-electron chi connectivity index (χ0n) is 6.56. The molecular weight excluding hydrogens is 164 g/mol. The van der Waals surface area contributed by atoms with E-state index in [1.807, 2.05) is 6.92 Å². The van der Waals surface area contributed by atoms with E-state index >= 15 is 0 Å². The molecule has 0 aliphatic rings. The van der Waals surface area contributed by atoms with Gasteiger partial charge in [-0.1, -0.05) is 18.2 Å². The van der Waals surface area contributed by atoms with E-state index in [1.165, 1.54) is 0 Å². The van der Waals surface area contributed by atoms with Gasteiger partial charge < -0.3 is 11.1 Å². The van der Waals surface area contributed by atoms with E-state index in [1.54, 1.807) is 0 Å². The number of carbonyl (C=O) groups is 1. The third-order valence-electron chi connectivity index (χ3n) is 1.15. The van der Waals surface area contributed by atoms with Crippen molar-refractivity contribution in [2.45, 2.75) is 19.4 Å². The molecule has 0 aromatic heterocycles. The van der Waals surface area contributed by atoms with Gasteiger partial charge in [0.2, 0.25) is 5.91 Å². The second-order valence-electron chi connectivity index (χ2n) is 2.47. The highest BCUT2D eigenvalue weighted by Gasteiger charge is 2.03. The van der Waals surface area contributed by atoms with Crippen molar-refractivity contribution in [3.05, 3.63) is 11.6 Å². The molecule has 1 unspecified atom stereocenters. The molecule has 3 N–H and O–H groups in total. The predicted molar refractivity (Wildman–Crippen MR) is 46.3 cm³/mol. The van der Waals surface area contributed by atoms with Crippen LogP contribution in [0.4, 0.5) is 0 Å². The van der Waals surface area contributed by atoms with Crippen LogP contribution in [0.3, 0.4) is 0 Å². The first kappa shape index (κ1) is 10.5.